The van der Waals surface area contributed by atoms with E-state index < -0.39 is 13.0 Å². The summed E-state index contributed by atoms with van der Waals surface area (Å²) in [7, 11) is 0.495. The molecule has 0 fully saturated rings. The van der Waals surface area contributed by atoms with Gasteiger partial charge in [-0.05, 0) is 37.7 Å². The summed E-state index contributed by atoms with van der Waals surface area (Å²) in [5, 5.41) is 9.63. The number of ketones is 2. The summed E-state index contributed by atoms with van der Waals surface area (Å²) in [4.78, 5) is 24.0. The first-order valence-corrected chi connectivity index (χ1v) is 9.56. The number of carbonyl (C=O) groups excluding carboxylic acids is 2. The zero-order chi connectivity index (χ0) is 19.8. The van der Waals surface area contributed by atoms with Crippen LogP contribution in [0.15, 0.2) is 24.3 Å². The van der Waals surface area contributed by atoms with Crippen molar-refractivity contribution in [3.05, 3.63) is 24.3 Å². The Morgan fingerprint density at radius 1 is 1.16 bits per heavy atom. The predicted octanol–water partition coefficient (Wildman–Crippen LogP) is 4.49. The topological polar surface area (TPSA) is 63.6 Å². The summed E-state index contributed by atoms with van der Waals surface area (Å²) >= 11 is 0. The van der Waals surface area contributed by atoms with Crippen molar-refractivity contribution < 1.29 is 19.3 Å². The van der Waals surface area contributed by atoms with Crippen molar-refractivity contribution in [1.29, 1.82) is 0 Å². The van der Waals surface area contributed by atoms with E-state index in [1.807, 2.05) is 39.8 Å². The molecule has 1 aliphatic carbocycles. The Labute approximate surface area is 154 Å². The second-order valence-corrected chi connectivity index (χ2v) is 5.79. The van der Waals surface area contributed by atoms with Crippen molar-refractivity contribution in [1.82, 2.24) is 0 Å². The van der Waals surface area contributed by atoms with Crippen LogP contribution in [0.3, 0.4) is 0 Å². The number of rotatable bonds is 7. The molecular formula is C20H37BO4. The van der Waals surface area contributed by atoms with Gasteiger partial charge in [-0.15, -0.1) is 0 Å². The molecule has 0 bridgehead atoms. The van der Waals surface area contributed by atoms with E-state index in [-0.39, 0.29) is 23.4 Å². The molecule has 0 unspecified atom stereocenters. The molecule has 4 nitrogen and oxygen atoms in total. The van der Waals surface area contributed by atoms with Gasteiger partial charge in [-0.2, -0.15) is 0 Å². The van der Waals surface area contributed by atoms with Gasteiger partial charge >= 0.3 is 7.12 Å². The highest BCUT2D eigenvalue weighted by atomic mass is 16.5. The Bertz CT molecular complexity index is 416. The van der Waals surface area contributed by atoms with Crippen LogP contribution in [0.2, 0.25) is 6.32 Å². The quantitative estimate of drug-likeness (QED) is 0.542. The number of hydrogen-bond donors (Lipinski definition) is 1. The molecule has 0 radical (unpaired) electrons. The minimum absolute atomic E-state index is 0.00601. The summed E-state index contributed by atoms with van der Waals surface area (Å²) in [6, 6.07) is 0. The van der Waals surface area contributed by atoms with Crippen LogP contribution in [0.25, 0.3) is 0 Å². The summed E-state index contributed by atoms with van der Waals surface area (Å²) in [5.41, 5.74) is 0. The molecule has 0 aromatic heterocycles. The third-order valence-corrected chi connectivity index (χ3v) is 4.13. The molecule has 1 N–H and O–H groups in total. The first-order valence-electron chi connectivity index (χ1n) is 9.56. The van der Waals surface area contributed by atoms with Crippen LogP contribution < -0.4 is 0 Å². The second kappa shape index (κ2) is 16.3. The van der Waals surface area contributed by atoms with Gasteiger partial charge in [0.25, 0.3) is 0 Å². The Kier molecular flexibility index (Phi) is 17.0. The SMILES string of the molecule is C/C=C/[C@H](CB(O)OC)[C@@H]1C(=O)C=CC(=O)[C@@H]1CC.CC.CCCC. The van der Waals surface area contributed by atoms with E-state index in [0.29, 0.717) is 12.7 Å². The van der Waals surface area contributed by atoms with Crippen LogP contribution in [-0.2, 0) is 14.2 Å². The summed E-state index contributed by atoms with van der Waals surface area (Å²) in [5.74, 6) is -0.941. The zero-order valence-corrected chi connectivity index (χ0v) is 17.1. The molecule has 0 aromatic rings. The predicted molar refractivity (Wildman–Crippen MR) is 106 cm³/mol. The molecule has 0 spiro atoms. The first-order chi connectivity index (χ1) is 12.0. The molecule has 5 heteroatoms. The van der Waals surface area contributed by atoms with Gasteiger partial charge in [0.1, 0.15) is 0 Å². The van der Waals surface area contributed by atoms with Crippen molar-refractivity contribution in [2.75, 3.05) is 7.11 Å². The molecule has 0 saturated heterocycles. The lowest BCUT2D eigenvalue weighted by molar-refractivity contribution is -0.130. The minimum atomic E-state index is -0.924. The third kappa shape index (κ3) is 9.76. The van der Waals surface area contributed by atoms with Gasteiger partial charge in [-0.1, -0.05) is 59.6 Å². The smallest absolute Gasteiger partial charge is 0.427 e. The van der Waals surface area contributed by atoms with E-state index in [1.54, 1.807) is 0 Å². The Morgan fingerprint density at radius 2 is 1.68 bits per heavy atom. The monoisotopic (exact) mass is 352 g/mol. The van der Waals surface area contributed by atoms with Gasteiger partial charge in [0.15, 0.2) is 11.6 Å². The van der Waals surface area contributed by atoms with Crippen LogP contribution in [-0.4, -0.2) is 30.8 Å². The van der Waals surface area contributed by atoms with Crippen molar-refractivity contribution >= 4 is 18.7 Å². The van der Waals surface area contributed by atoms with E-state index in [9.17, 15) is 14.6 Å². The summed E-state index contributed by atoms with van der Waals surface area (Å²) < 4.78 is 4.86. The Morgan fingerprint density at radius 3 is 2.08 bits per heavy atom. The average molecular weight is 352 g/mol. The van der Waals surface area contributed by atoms with Gasteiger partial charge in [0.2, 0.25) is 0 Å². The Hall–Kier alpha value is -1.20. The molecule has 1 rings (SSSR count). The molecule has 144 valence electrons. The van der Waals surface area contributed by atoms with Gasteiger partial charge in [0, 0.05) is 18.9 Å². The van der Waals surface area contributed by atoms with Gasteiger partial charge in [-0.25, -0.2) is 0 Å². The lowest BCUT2D eigenvalue weighted by Gasteiger charge is -2.31. The van der Waals surface area contributed by atoms with Gasteiger partial charge in [-0.3, -0.25) is 9.59 Å². The largest absolute Gasteiger partial charge is 0.454 e. The molecular weight excluding hydrogens is 315 g/mol. The van der Waals surface area contributed by atoms with Crippen molar-refractivity contribution in [3.8, 4) is 0 Å². The Balaban J connectivity index is 0. The van der Waals surface area contributed by atoms with Crippen molar-refractivity contribution in [2.24, 2.45) is 17.8 Å². The standard InChI is InChI=1S/C14H21BO4.C4H10.C2H6/c1-4-6-10(9-15(18)19-3)14-11(5-2)12(16)7-8-13(14)17;1-3-4-2;1-2/h4,6-8,10-11,14,18H,5,9H2,1-3H3;3-4H2,1-2H3;1-2H3/b6-4+;;/t10-,11+,14+;;/m1../s1. The minimum Gasteiger partial charge on any atom is -0.427 e. The van der Waals surface area contributed by atoms with E-state index in [0.717, 1.165) is 0 Å². The van der Waals surface area contributed by atoms with E-state index in [4.69, 9.17) is 4.65 Å². The van der Waals surface area contributed by atoms with E-state index >= 15 is 0 Å². The first kappa shape index (κ1) is 26.0. The highest BCUT2D eigenvalue weighted by Gasteiger charge is 2.39. The van der Waals surface area contributed by atoms with Gasteiger partial charge in [0.05, 0.1) is 0 Å². The van der Waals surface area contributed by atoms with E-state index in [1.165, 1.54) is 32.1 Å². The molecule has 0 aliphatic heterocycles. The van der Waals surface area contributed by atoms with E-state index in [2.05, 4.69) is 13.8 Å². The fourth-order valence-corrected chi connectivity index (χ4v) is 2.66. The van der Waals surface area contributed by atoms with Gasteiger partial charge < -0.3 is 9.68 Å². The summed E-state index contributed by atoms with van der Waals surface area (Å²) in [6.07, 6.45) is 10.0. The van der Waals surface area contributed by atoms with Crippen LogP contribution in [0.4, 0.5) is 0 Å². The molecule has 25 heavy (non-hydrogen) atoms. The molecule has 0 saturated carbocycles. The van der Waals surface area contributed by atoms with Crippen LogP contribution in [0.1, 0.15) is 60.8 Å². The lowest BCUT2D eigenvalue weighted by atomic mass is 9.65. The fourth-order valence-electron chi connectivity index (χ4n) is 2.66. The number of allylic oxidation sites excluding steroid dienone is 4. The van der Waals surface area contributed by atoms with Crippen LogP contribution in [0.5, 0.6) is 0 Å². The molecule has 0 amide bonds. The third-order valence-electron chi connectivity index (χ3n) is 4.13. The number of unbranched alkanes of at least 4 members (excludes halogenated alkanes) is 1. The zero-order valence-electron chi connectivity index (χ0n) is 17.1. The highest BCUT2D eigenvalue weighted by molar-refractivity contribution is 6.42. The fraction of sp³-hybridized carbons (Fsp3) is 0.700. The van der Waals surface area contributed by atoms with Crippen molar-refractivity contribution in [3.63, 3.8) is 0 Å². The van der Waals surface area contributed by atoms with Crippen LogP contribution in [0, 0.1) is 17.8 Å². The maximum atomic E-state index is 12.1. The maximum Gasteiger partial charge on any atom is 0.454 e. The van der Waals surface area contributed by atoms with Crippen LogP contribution >= 0.6 is 0 Å². The number of carbonyl (C=O) groups is 2. The normalized spacial score (nSPS) is 20.5. The number of hydrogen-bond acceptors (Lipinski definition) is 4. The second-order valence-electron chi connectivity index (χ2n) is 5.79. The highest BCUT2D eigenvalue weighted by Crippen LogP contribution is 2.33. The molecule has 3 atom stereocenters. The maximum absolute atomic E-state index is 12.1. The summed E-state index contributed by atoms with van der Waals surface area (Å²) in [6.45, 7) is 12.1. The average Bonchev–Trinajstić information content (AvgIpc) is 2.64. The van der Waals surface area contributed by atoms with Crippen molar-refractivity contribution in [2.45, 2.75) is 67.1 Å². The molecule has 0 aromatic carbocycles. The molecule has 0 heterocycles. The lowest BCUT2D eigenvalue weighted by Crippen LogP contribution is -2.38. The molecule has 1 aliphatic rings.